The van der Waals surface area contributed by atoms with E-state index in [-0.39, 0.29) is 17.3 Å². The van der Waals surface area contributed by atoms with Gasteiger partial charge in [-0.15, -0.1) is 0 Å². The van der Waals surface area contributed by atoms with Gasteiger partial charge in [0.15, 0.2) is 0 Å². The van der Waals surface area contributed by atoms with Crippen molar-refractivity contribution in [3.8, 4) is 0 Å². The third-order valence-electron chi connectivity index (χ3n) is 2.92. The Morgan fingerprint density at radius 1 is 1.06 bits per heavy atom. The standard InChI is InChI=1S/C13H14N2O2/c1-10(11-6-4-3-5-7-11)15-9-8-12(16)14(2)13(15)17/h3-10H,1-2H3. The van der Waals surface area contributed by atoms with E-state index in [4.69, 9.17) is 0 Å². The molecule has 17 heavy (non-hydrogen) atoms. The molecular weight excluding hydrogens is 216 g/mol. The smallest absolute Gasteiger partial charge is 0.293 e. The summed E-state index contributed by atoms with van der Waals surface area (Å²) in [5.74, 6) is 0. The second kappa shape index (κ2) is 4.41. The molecule has 4 heteroatoms. The van der Waals surface area contributed by atoms with Gasteiger partial charge in [0, 0.05) is 19.3 Å². The highest BCUT2D eigenvalue weighted by atomic mass is 16.2. The summed E-state index contributed by atoms with van der Waals surface area (Å²) in [6.45, 7) is 1.93. The highest BCUT2D eigenvalue weighted by molar-refractivity contribution is 5.19. The first-order valence-electron chi connectivity index (χ1n) is 5.44. The summed E-state index contributed by atoms with van der Waals surface area (Å²) in [5.41, 5.74) is 0.452. The Morgan fingerprint density at radius 3 is 2.35 bits per heavy atom. The molecule has 1 atom stereocenters. The number of nitrogens with zero attached hydrogens (tertiary/aromatic N) is 2. The molecule has 0 bridgehead atoms. The van der Waals surface area contributed by atoms with E-state index in [0.717, 1.165) is 10.1 Å². The highest BCUT2D eigenvalue weighted by Crippen LogP contribution is 2.14. The summed E-state index contributed by atoms with van der Waals surface area (Å²) in [7, 11) is 1.48. The molecule has 0 saturated carbocycles. The molecule has 0 fully saturated rings. The lowest BCUT2D eigenvalue weighted by molar-refractivity contribution is 0.560. The Hall–Kier alpha value is -2.10. The molecule has 0 radical (unpaired) electrons. The Bertz CT molecular complexity index is 626. The summed E-state index contributed by atoms with van der Waals surface area (Å²) >= 11 is 0. The summed E-state index contributed by atoms with van der Waals surface area (Å²) in [6.07, 6.45) is 1.54. The largest absolute Gasteiger partial charge is 0.331 e. The molecule has 0 spiro atoms. The van der Waals surface area contributed by atoms with Gasteiger partial charge in [-0.1, -0.05) is 30.3 Å². The molecule has 0 aliphatic rings. The lowest BCUT2D eigenvalue weighted by atomic mass is 10.1. The van der Waals surface area contributed by atoms with Crippen molar-refractivity contribution < 1.29 is 0 Å². The molecule has 0 saturated heterocycles. The van der Waals surface area contributed by atoms with Crippen LogP contribution in [0.1, 0.15) is 18.5 Å². The maximum absolute atomic E-state index is 11.9. The average Bonchev–Trinajstić information content (AvgIpc) is 2.36. The van der Waals surface area contributed by atoms with Crippen LogP contribution in [-0.2, 0) is 7.05 Å². The monoisotopic (exact) mass is 230 g/mol. The molecule has 1 aromatic heterocycles. The van der Waals surface area contributed by atoms with Crippen LogP contribution in [0.4, 0.5) is 0 Å². The van der Waals surface area contributed by atoms with Crippen LogP contribution in [0.5, 0.6) is 0 Å². The zero-order valence-electron chi connectivity index (χ0n) is 9.83. The summed E-state index contributed by atoms with van der Waals surface area (Å²) < 4.78 is 2.66. The van der Waals surface area contributed by atoms with Crippen LogP contribution in [0.3, 0.4) is 0 Å². The fraction of sp³-hybridized carbons (Fsp3) is 0.231. The molecule has 0 N–H and O–H groups in total. The molecule has 1 unspecified atom stereocenters. The van der Waals surface area contributed by atoms with Gasteiger partial charge in [0.25, 0.3) is 5.56 Å². The van der Waals surface area contributed by atoms with Gasteiger partial charge in [-0.3, -0.25) is 13.9 Å². The summed E-state index contributed by atoms with van der Waals surface area (Å²) in [6, 6.07) is 11.0. The van der Waals surface area contributed by atoms with Gasteiger partial charge in [-0.05, 0) is 12.5 Å². The summed E-state index contributed by atoms with van der Waals surface area (Å²) in [4.78, 5) is 23.2. The van der Waals surface area contributed by atoms with E-state index in [1.807, 2.05) is 37.3 Å². The third-order valence-corrected chi connectivity index (χ3v) is 2.92. The van der Waals surface area contributed by atoms with Crippen molar-refractivity contribution in [1.82, 2.24) is 9.13 Å². The molecule has 88 valence electrons. The predicted octanol–water partition coefficient (Wildman–Crippen LogP) is 1.16. The van der Waals surface area contributed by atoms with Gasteiger partial charge < -0.3 is 0 Å². The molecule has 1 heterocycles. The van der Waals surface area contributed by atoms with E-state index < -0.39 is 0 Å². The fourth-order valence-corrected chi connectivity index (χ4v) is 1.77. The van der Waals surface area contributed by atoms with Crippen LogP contribution in [0.25, 0.3) is 0 Å². The average molecular weight is 230 g/mol. The van der Waals surface area contributed by atoms with Gasteiger partial charge in [0.05, 0.1) is 6.04 Å². The second-order valence-electron chi connectivity index (χ2n) is 3.99. The minimum Gasteiger partial charge on any atom is -0.293 e. The van der Waals surface area contributed by atoms with E-state index in [1.54, 1.807) is 10.8 Å². The SMILES string of the molecule is CC(c1ccccc1)n1ccc(=O)n(C)c1=O. The Labute approximate surface area is 98.8 Å². The number of aromatic nitrogens is 2. The lowest BCUT2D eigenvalue weighted by Gasteiger charge is -2.15. The first kappa shape index (κ1) is 11.4. The van der Waals surface area contributed by atoms with Crippen LogP contribution in [-0.4, -0.2) is 9.13 Å². The van der Waals surface area contributed by atoms with Crippen molar-refractivity contribution in [3.05, 3.63) is 69.0 Å². The molecule has 2 aromatic rings. The van der Waals surface area contributed by atoms with Gasteiger partial charge in [0.1, 0.15) is 0 Å². The molecular formula is C13H14N2O2. The van der Waals surface area contributed by atoms with E-state index in [2.05, 4.69) is 0 Å². The molecule has 1 aromatic carbocycles. The lowest BCUT2D eigenvalue weighted by Crippen LogP contribution is -2.38. The van der Waals surface area contributed by atoms with Crippen LogP contribution in [0, 0.1) is 0 Å². The number of hydrogen-bond acceptors (Lipinski definition) is 2. The zero-order chi connectivity index (χ0) is 12.4. The van der Waals surface area contributed by atoms with Gasteiger partial charge in [-0.2, -0.15) is 0 Å². The highest BCUT2D eigenvalue weighted by Gasteiger charge is 2.10. The van der Waals surface area contributed by atoms with Gasteiger partial charge in [-0.25, -0.2) is 4.79 Å². The number of rotatable bonds is 2. The normalized spacial score (nSPS) is 12.4. The quantitative estimate of drug-likeness (QED) is 0.777. The first-order chi connectivity index (χ1) is 8.11. The maximum atomic E-state index is 11.9. The Kier molecular flexibility index (Phi) is 2.95. The number of benzene rings is 1. The van der Waals surface area contributed by atoms with Crippen LogP contribution >= 0.6 is 0 Å². The van der Waals surface area contributed by atoms with E-state index >= 15 is 0 Å². The van der Waals surface area contributed by atoms with Crippen molar-refractivity contribution in [2.75, 3.05) is 0 Å². The van der Waals surface area contributed by atoms with E-state index in [0.29, 0.717) is 0 Å². The molecule has 2 rings (SSSR count). The van der Waals surface area contributed by atoms with Crippen molar-refractivity contribution in [1.29, 1.82) is 0 Å². The number of hydrogen-bond donors (Lipinski definition) is 0. The second-order valence-corrected chi connectivity index (χ2v) is 3.99. The minimum absolute atomic E-state index is 0.0875. The van der Waals surface area contributed by atoms with Crippen molar-refractivity contribution in [3.63, 3.8) is 0 Å². The third kappa shape index (κ3) is 2.06. The minimum atomic E-state index is -0.297. The van der Waals surface area contributed by atoms with Crippen LogP contribution < -0.4 is 11.2 Å². The first-order valence-corrected chi connectivity index (χ1v) is 5.44. The fourth-order valence-electron chi connectivity index (χ4n) is 1.77. The maximum Gasteiger partial charge on any atom is 0.331 e. The van der Waals surface area contributed by atoms with Crippen molar-refractivity contribution >= 4 is 0 Å². The Balaban J connectivity index is 2.53. The topological polar surface area (TPSA) is 44.0 Å². The van der Waals surface area contributed by atoms with Crippen molar-refractivity contribution in [2.24, 2.45) is 7.05 Å². The van der Waals surface area contributed by atoms with E-state index in [9.17, 15) is 9.59 Å². The van der Waals surface area contributed by atoms with Gasteiger partial charge >= 0.3 is 5.69 Å². The zero-order valence-corrected chi connectivity index (χ0v) is 9.83. The van der Waals surface area contributed by atoms with Gasteiger partial charge in [0.2, 0.25) is 0 Å². The molecule has 4 nitrogen and oxygen atoms in total. The molecule has 0 aliphatic carbocycles. The van der Waals surface area contributed by atoms with Crippen LogP contribution in [0.15, 0.2) is 52.2 Å². The predicted molar refractivity (Wildman–Crippen MR) is 66.2 cm³/mol. The van der Waals surface area contributed by atoms with Crippen molar-refractivity contribution in [2.45, 2.75) is 13.0 Å². The molecule has 0 amide bonds. The van der Waals surface area contributed by atoms with Crippen LogP contribution in [0.2, 0.25) is 0 Å². The van der Waals surface area contributed by atoms with E-state index in [1.165, 1.54) is 13.1 Å². The Morgan fingerprint density at radius 2 is 1.71 bits per heavy atom. The summed E-state index contributed by atoms with van der Waals surface area (Å²) in [5, 5.41) is 0. The molecule has 0 aliphatic heterocycles.